The summed E-state index contributed by atoms with van der Waals surface area (Å²) in [6, 6.07) is 6.56. The number of benzene rings is 1. The van der Waals surface area contributed by atoms with Gasteiger partial charge in [0.05, 0.1) is 16.9 Å². The molecule has 0 radical (unpaired) electrons. The SMILES string of the molecule is Nc1cnccc1SCc1ccc(F)c(Cl)c1. The second-order valence-electron chi connectivity index (χ2n) is 3.45. The largest absolute Gasteiger partial charge is 0.397 e. The van der Waals surface area contributed by atoms with Gasteiger partial charge in [-0.25, -0.2) is 4.39 Å². The maximum Gasteiger partial charge on any atom is 0.141 e. The fourth-order valence-electron chi connectivity index (χ4n) is 1.32. The van der Waals surface area contributed by atoms with Crippen molar-refractivity contribution in [2.75, 3.05) is 5.73 Å². The highest BCUT2D eigenvalue weighted by Gasteiger charge is 2.03. The zero-order chi connectivity index (χ0) is 12.3. The third-order valence-electron chi connectivity index (χ3n) is 2.19. The Balaban J connectivity index is 2.08. The van der Waals surface area contributed by atoms with Crippen LogP contribution in [0, 0.1) is 5.82 Å². The predicted molar refractivity (Wildman–Crippen MR) is 69.6 cm³/mol. The molecule has 0 saturated heterocycles. The van der Waals surface area contributed by atoms with E-state index >= 15 is 0 Å². The van der Waals surface area contributed by atoms with Gasteiger partial charge in [0.2, 0.25) is 0 Å². The van der Waals surface area contributed by atoms with Crippen molar-refractivity contribution >= 4 is 29.1 Å². The molecule has 2 rings (SSSR count). The average molecular weight is 269 g/mol. The molecule has 1 heterocycles. The minimum atomic E-state index is -0.399. The molecule has 0 spiro atoms. The van der Waals surface area contributed by atoms with E-state index in [1.807, 2.05) is 6.07 Å². The van der Waals surface area contributed by atoms with Crippen molar-refractivity contribution in [2.24, 2.45) is 0 Å². The number of anilines is 1. The van der Waals surface area contributed by atoms with E-state index in [0.717, 1.165) is 10.5 Å². The van der Waals surface area contributed by atoms with E-state index in [1.165, 1.54) is 6.07 Å². The highest BCUT2D eigenvalue weighted by molar-refractivity contribution is 7.98. The summed E-state index contributed by atoms with van der Waals surface area (Å²) in [7, 11) is 0. The van der Waals surface area contributed by atoms with Crippen LogP contribution < -0.4 is 5.73 Å². The summed E-state index contributed by atoms with van der Waals surface area (Å²) in [5, 5.41) is 0.144. The summed E-state index contributed by atoms with van der Waals surface area (Å²) in [6.45, 7) is 0. The van der Waals surface area contributed by atoms with Crippen LogP contribution in [0.4, 0.5) is 10.1 Å². The number of nitrogens with two attached hydrogens (primary N) is 1. The van der Waals surface area contributed by atoms with Gasteiger partial charge in [-0.1, -0.05) is 17.7 Å². The van der Waals surface area contributed by atoms with Gasteiger partial charge in [-0.3, -0.25) is 4.98 Å². The Bertz CT molecular complexity index is 534. The Hall–Kier alpha value is -1.26. The molecule has 0 unspecified atom stereocenters. The van der Waals surface area contributed by atoms with Gasteiger partial charge in [-0.15, -0.1) is 11.8 Å². The first-order chi connectivity index (χ1) is 8.16. The summed E-state index contributed by atoms with van der Waals surface area (Å²) < 4.78 is 13.0. The fraction of sp³-hybridized carbons (Fsp3) is 0.0833. The standard InChI is InChI=1S/C12H10ClFN2S/c13-9-5-8(1-2-10(9)14)7-17-12-3-4-16-6-11(12)15/h1-6H,7,15H2. The van der Waals surface area contributed by atoms with Gasteiger partial charge >= 0.3 is 0 Å². The lowest BCUT2D eigenvalue weighted by Crippen LogP contribution is -1.90. The molecule has 5 heteroatoms. The van der Waals surface area contributed by atoms with Crippen LogP contribution in [0.5, 0.6) is 0 Å². The molecule has 0 amide bonds. The quantitative estimate of drug-likeness (QED) is 0.862. The molecule has 1 aromatic carbocycles. The maximum atomic E-state index is 13.0. The van der Waals surface area contributed by atoms with Crippen LogP contribution >= 0.6 is 23.4 Å². The summed E-state index contributed by atoms with van der Waals surface area (Å²) in [5.41, 5.74) is 7.37. The van der Waals surface area contributed by atoms with Crippen LogP contribution in [0.3, 0.4) is 0 Å². The molecule has 0 aliphatic rings. The maximum absolute atomic E-state index is 13.0. The molecule has 2 nitrogen and oxygen atoms in total. The van der Waals surface area contributed by atoms with E-state index in [9.17, 15) is 4.39 Å². The van der Waals surface area contributed by atoms with E-state index in [0.29, 0.717) is 11.4 Å². The van der Waals surface area contributed by atoms with E-state index in [2.05, 4.69) is 4.98 Å². The molecule has 0 saturated carbocycles. The Morgan fingerprint density at radius 3 is 2.88 bits per heavy atom. The number of hydrogen-bond donors (Lipinski definition) is 1. The lowest BCUT2D eigenvalue weighted by Gasteiger charge is -2.05. The van der Waals surface area contributed by atoms with Gasteiger partial charge in [0, 0.05) is 16.8 Å². The summed E-state index contributed by atoms with van der Waals surface area (Å²) in [6.07, 6.45) is 3.30. The Labute approximate surface area is 108 Å². The lowest BCUT2D eigenvalue weighted by atomic mass is 10.2. The van der Waals surface area contributed by atoms with E-state index in [1.54, 1.807) is 36.3 Å². The van der Waals surface area contributed by atoms with Crippen LogP contribution in [0.1, 0.15) is 5.56 Å². The number of nitrogens with zero attached hydrogens (tertiary/aromatic N) is 1. The minimum Gasteiger partial charge on any atom is -0.397 e. The summed E-state index contributed by atoms with van der Waals surface area (Å²) in [4.78, 5) is 4.88. The van der Waals surface area contributed by atoms with Crippen molar-refractivity contribution in [1.82, 2.24) is 4.98 Å². The summed E-state index contributed by atoms with van der Waals surface area (Å²) >= 11 is 7.28. The second-order valence-corrected chi connectivity index (χ2v) is 4.88. The monoisotopic (exact) mass is 268 g/mol. The van der Waals surface area contributed by atoms with Gasteiger partial charge in [0.1, 0.15) is 5.82 Å². The van der Waals surface area contributed by atoms with Crippen LogP contribution in [0.15, 0.2) is 41.6 Å². The summed E-state index contributed by atoms with van der Waals surface area (Å²) in [5.74, 6) is 0.289. The van der Waals surface area contributed by atoms with Crippen LogP contribution in [0.25, 0.3) is 0 Å². The number of rotatable bonds is 3. The molecule has 0 aliphatic heterocycles. The molecule has 0 atom stereocenters. The Morgan fingerprint density at radius 2 is 2.18 bits per heavy atom. The molecular weight excluding hydrogens is 259 g/mol. The van der Waals surface area contributed by atoms with E-state index in [-0.39, 0.29) is 5.02 Å². The minimum absolute atomic E-state index is 0.144. The number of thioether (sulfide) groups is 1. The first-order valence-corrected chi connectivity index (χ1v) is 6.29. The highest BCUT2D eigenvalue weighted by Crippen LogP contribution is 2.28. The third kappa shape index (κ3) is 3.11. The number of nitrogen functional groups attached to an aromatic ring is 1. The van der Waals surface area contributed by atoms with E-state index < -0.39 is 5.82 Å². The van der Waals surface area contributed by atoms with Gasteiger partial charge < -0.3 is 5.73 Å². The van der Waals surface area contributed by atoms with Gasteiger partial charge in [0.25, 0.3) is 0 Å². The molecule has 2 N–H and O–H groups in total. The Morgan fingerprint density at radius 1 is 1.35 bits per heavy atom. The van der Waals surface area contributed by atoms with Crippen molar-refractivity contribution in [1.29, 1.82) is 0 Å². The topological polar surface area (TPSA) is 38.9 Å². The van der Waals surface area contributed by atoms with E-state index in [4.69, 9.17) is 17.3 Å². The normalized spacial score (nSPS) is 10.5. The van der Waals surface area contributed by atoms with Gasteiger partial charge in [-0.05, 0) is 23.8 Å². The molecule has 0 fully saturated rings. The number of aromatic nitrogens is 1. The van der Waals surface area contributed by atoms with Crippen molar-refractivity contribution in [3.8, 4) is 0 Å². The van der Waals surface area contributed by atoms with Gasteiger partial charge in [0.15, 0.2) is 0 Å². The van der Waals surface area contributed by atoms with Crippen LogP contribution in [0.2, 0.25) is 5.02 Å². The molecular formula is C12H10ClFN2S. The number of pyridine rings is 1. The molecule has 17 heavy (non-hydrogen) atoms. The Kier molecular flexibility index (Phi) is 3.86. The molecule has 2 aromatic rings. The number of halogens is 2. The second kappa shape index (κ2) is 5.38. The number of hydrogen-bond acceptors (Lipinski definition) is 3. The lowest BCUT2D eigenvalue weighted by molar-refractivity contribution is 0.628. The first-order valence-electron chi connectivity index (χ1n) is 4.93. The third-order valence-corrected chi connectivity index (χ3v) is 3.64. The van der Waals surface area contributed by atoms with Crippen molar-refractivity contribution in [3.05, 3.63) is 53.1 Å². The van der Waals surface area contributed by atoms with Crippen molar-refractivity contribution in [3.63, 3.8) is 0 Å². The molecule has 88 valence electrons. The van der Waals surface area contributed by atoms with Crippen molar-refractivity contribution in [2.45, 2.75) is 10.6 Å². The molecule has 1 aromatic heterocycles. The molecule has 0 aliphatic carbocycles. The molecule has 0 bridgehead atoms. The predicted octanol–water partition coefficient (Wildman–Crippen LogP) is 3.75. The average Bonchev–Trinajstić information content (AvgIpc) is 2.32. The van der Waals surface area contributed by atoms with Crippen molar-refractivity contribution < 1.29 is 4.39 Å². The smallest absolute Gasteiger partial charge is 0.141 e. The highest BCUT2D eigenvalue weighted by atomic mass is 35.5. The fourth-order valence-corrected chi connectivity index (χ4v) is 2.40. The first kappa shape index (κ1) is 12.2. The zero-order valence-corrected chi connectivity index (χ0v) is 10.4. The van der Waals surface area contributed by atoms with Gasteiger partial charge in [-0.2, -0.15) is 0 Å². The zero-order valence-electron chi connectivity index (χ0n) is 8.86. The van der Waals surface area contributed by atoms with Crippen LogP contribution in [-0.2, 0) is 5.75 Å². The van der Waals surface area contributed by atoms with Crippen LogP contribution in [-0.4, -0.2) is 4.98 Å².